The molecule has 152 valence electrons. The number of likely N-dealkylation sites (N-methyl/N-ethyl adjacent to an activating group) is 1. The second-order valence-corrected chi connectivity index (χ2v) is 9.71. The number of hydrogen-bond donors (Lipinski definition) is 1. The van der Waals surface area contributed by atoms with Crippen LogP contribution in [0.5, 0.6) is 0 Å². The molecule has 1 N–H and O–H groups in total. The van der Waals surface area contributed by atoms with Gasteiger partial charge >= 0.3 is 0 Å². The number of aromatic nitrogens is 2. The van der Waals surface area contributed by atoms with E-state index in [0.717, 1.165) is 18.8 Å². The summed E-state index contributed by atoms with van der Waals surface area (Å²) >= 11 is 1.87. The number of nitrogens with one attached hydrogen (secondary N) is 1. The third kappa shape index (κ3) is 4.03. The predicted molar refractivity (Wildman–Crippen MR) is 122 cm³/mol. The smallest absolute Gasteiger partial charge is 0.138 e. The maximum atomic E-state index is 4.64. The van der Waals surface area contributed by atoms with Crippen molar-refractivity contribution in [2.45, 2.75) is 63.5 Å². The third-order valence-corrected chi connectivity index (χ3v) is 7.96. The molecule has 2 aliphatic carbocycles. The van der Waals surface area contributed by atoms with Crippen LogP contribution in [0.4, 0.5) is 5.82 Å². The van der Waals surface area contributed by atoms with E-state index in [9.17, 15) is 0 Å². The molecule has 3 aromatic rings. The van der Waals surface area contributed by atoms with Crippen molar-refractivity contribution in [1.29, 1.82) is 0 Å². The number of thiophene rings is 1. The van der Waals surface area contributed by atoms with Gasteiger partial charge in [-0.25, -0.2) is 9.97 Å². The summed E-state index contributed by atoms with van der Waals surface area (Å²) in [5, 5.41) is 5.11. The zero-order chi connectivity index (χ0) is 19.6. The molecule has 1 fully saturated rings. The molecule has 2 aliphatic rings. The minimum Gasteiger partial charge on any atom is -0.367 e. The van der Waals surface area contributed by atoms with Gasteiger partial charge in [-0.15, -0.1) is 11.3 Å². The van der Waals surface area contributed by atoms with Crippen molar-refractivity contribution >= 4 is 27.4 Å². The molecule has 0 spiro atoms. The Bertz CT molecular complexity index is 960. The number of benzene rings is 1. The van der Waals surface area contributed by atoms with Crippen molar-refractivity contribution in [2.24, 2.45) is 0 Å². The highest BCUT2D eigenvalue weighted by Crippen LogP contribution is 2.39. The molecule has 5 rings (SSSR count). The van der Waals surface area contributed by atoms with E-state index in [0.29, 0.717) is 12.1 Å². The maximum absolute atomic E-state index is 4.64. The SMILES string of the molecule is CN(CCc1ccccc1)C1CCC(Nc2ncnc3sc4c(c23)CCC4)CC1. The average Bonchev–Trinajstić information content (AvgIpc) is 3.35. The van der Waals surface area contributed by atoms with Gasteiger partial charge in [0, 0.05) is 23.5 Å². The van der Waals surface area contributed by atoms with Crippen LogP contribution in [0, 0.1) is 0 Å². The Morgan fingerprint density at radius 3 is 2.72 bits per heavy atom. The maximum Gasteiger partial charge on any atom is 0.138 e. The van der Waals surface area contributed by atoms with Crippen LogP contribution in [0.25, 0.3) is 10.2 Å². The van der Waals surface area contributed by atoms with Crippen molar-refractivity contribution in [3.8, 4) is 0 Å². The number of nitrogens with zero attached hydrogens (tertiary/aromatic N) is 3. The number of aryl methyl sites for hydroxylation is 2. The standard InChI is InChI=1S/C24H30N4S/c1-28(15-14-17-6-3-2-4-7-17)19-12-10-18(11-13-19)27-23-22-20-8-5-9-21(20)29-24(22)26-16-25-23/h2-4,6-7,16,18-19H,5,8-15H2,1H3,(H,25,26,27). The fourth-order valence-electron chi connectivity index (χ4n) is 5.03. The van der Waals surface area contributed by atoms with Gasteiger partial charge in [0.1, 0.15) is 17.0 Å². The highest BCUT2D eigenvalue weighted by Gasteiger charge is 2.26. The van der Waals surface area contributed by atoms with E-state index in [2.05, 4.69) is 57.6 Å². The lowest BCUT2D eigenvalue weighted by molar-refractivity contribution is 0.188. The molecule has 2 aromatic heterocycles. The molecule has 5 heteroatoms. The van der Waals surface area contributed by atoms with Crippen molar-refractivity contribution < 1.29 is 0 Å². The van der Waals surface area contributed by atoms with Gasteiger partial charge in [0.2, 0.25) is 0 Å². The van der Waals surface area contributed by atoms with E-state index < -0.39 is 0 Å². The molecule has 29 heavy (non-hydrogen) atoms. The van der Waals surface area contributed by atoms with Crippen LogP contribution in [-0.4, -0.2) is 40.5 Å². The summed E-state index contributed by atoms with van der Waals surface area (Å²) in [7, 11) is 2.30. The molecular formula is C24H30N4S. The quantitative estimate of drug-likeness (QED) is 0.620. The van der Waals surface area contributed by atoms with Crippen LogP contribution in [0.2, 0.25) is 0 Å². The normalized spacial score (nSPS) is 21.6. The fourth-order valence-corrected chi connectivity index (χ4v) is 6.25. The molecule has 0 radical (unpaired) electrons. The topological polar surface area (TPSA) is 41.0 Å². The number of fused-ring (bicyclic) bond motifs is 3. The number of hydrogen-bond acceptors (Lipinski definition) is 5. The van der Waals surface area contributed by atoms with E-state index in [1.807, 2.05) is 11.3 Å². The van der Waals surface area contributed by atoms with Gasteiger partial charge < -0.3 is 10.2 Å². The number of rotatable bonds is 6. The highest BCUT2D eigenvalue weighted by molar-refractivity contribution is 7.19. The van der Waals surface area contributed by atoms with Crippen LogP contribution >= 0.6 is 11.3 Å². The summed E-state index contributed by atoms with van der Waals surface area (Å²) in [5.41, 5.74) is 2.95. The lowest BCUT2D eigenvalue weighted by Gasteiger charge is -2.35. The van der Waals surface area contributed by atoms with Gasteiger partial charge in [-0.05, 0) is 69.5 Å². The average molecular weight is 407 g/mol. The van der Waals surface area contributed by atoms with Crippen molar-refractivity contribution in [1.82, 2.24) is 14.9 Å². The Morgan fingerprint density at radius 2 is 1.90 bits per heavy atom. The summed E-state index contributed by atoms with van der Waals surface area (Å²) in [6.07, 6.45) is 11.5. The largest absolute Gasteiger partial charge is 0.367 e. The molecule has 4 nitrogen and oxygen atoms in total. The zero-order valence-corrected chi connectivity index (χ0v) is 18.0. The van der Waals surface area contributed by atoms with E-state index in [-0.39, 0.29) is 0 Å². The lowest BCUT2D eigenvalue weighted by atomic mass is 9.90. The Labute approximate surface area is 177 Å². The second-order valence-electron chi connectivity index (χ2n) is 8.63. The van der Waals surface area contributed by atoms with E-state index in [1.54, 1.807) is 6.33 Å². The molecule has 0 saturated heterocycles. The zero-order valence-electron chi connectivity index (χ0n) is 17.2. The van der Waals surface area contributed by atoms with Gasteiger partial charge in [-0.1, -0.05) is 30.3 Å². The molecule has 0 amide bonds. The molecule has 2 heterocycles. The van der Waals surface area contributed by atoms with Crippen LogP contribution in [0.3, 0.4) is 0 Å². The summed E-state index contributed by atoms with van der Waals surface area (Å²) in [6.45, 7) is 1.14. The van der Waals surface area contributed by atoms with E-state index in [4.69, 9.17) is 0 Å². The van der Waals surface area contributed by atoms with Crippen LogP contribution in [-0.2, 0) is 19.3 Å². The molecule has 0 aliphatic heterocycles. The van der Waals surface area contributed by atoms with Gasteiger partial charge in [0.05, 0.1) is 5.39 Å². The molecular weight excluding hydrogens is 376 g/mol. The summed E-state index contributed by atoms with van der Waals surface area (Å²) < 4.78 is 0. The predicted octanol–water partition coefficient (Wildman–Crippen LogP) is 5.08. The van der Waals surface area contributed by atoms with E-state index >= 15 is 0 Å². The van der Waals surface area contributed by atoms with Crippen molar-refractivity contribution in [3.63, 3.8) is 0 Å². The third-order valence-electron chi connectivity index (χ3n) is 6.76. The van der Waals surface area contributed by atoms with Crippen LogP contribution in [0.1, 0.15) is 48.1 Å². The fraction of sp³-hybridized carbons (Fsp3) is 0.500. The molecule has 1 saturated carbocycles. The molecule has 0 bridgehead atoms. The van der Waals surface area contributed by atoms with Crippen molar-refractivity contribution in [2.75, 3.05) is 18.9 Å². The van der Waals surface area contributed by atoms with E-state index in [1.165, 1.54) is 71.2 Å². The monoisotopic (exact) mass is 406 g/mol. The first-order valence-corrected chi connectivity index (χ1v) is 11.9. The Morgan fingerprint density at radius 1 is 1.07 bits per heavy atom. The lowest BCUT2D eigenvalue weighted by Crippen LogP contribution is -2.39. The van der Waals surface area contributed by atoms with Gasteiger partial charge in [-0.2, -0.15) is 0 Å². The highest BCUT2D eigenvalue weighted by atomic mass is 32.1. The first kappa shape index (κ1) is 19.0. The minimum atomic E-state index is 0.531. The van der Waals surface area contributed by atoms with Crippen molar-refractivity contribution in [3.05, 3.63) is 52.7 Å². The van der Waals surface area contributed by atoms with Crippen LogP contribution in [0.15, 0.2) is 36.7 Å². The molecule has 0 unspecified atom stereocenters. The van der Waals surface area contributed by atoms with Gasteiger partial charge in [-0.3, -0.25) is 0 Å². The van der Waals surface area contributed by atoms with Gasteiger partial charge in [0.25, 0.3) is 0 Å². The minimum absolute atomic E-state index is 0.531. The van der Waals surface area contributed by atoms with Gasteiger partial charge in [0.15, 0.2) is 0 Å². The Balaban J connectivity index is 1.18. The Hall–Kier alpha value is -1.98. The number of anilines is 1. The Kier molecular flexibility index (Phi) is 5.51. The first-order chi connectivity index (χ1) is 14.3. The summed E-state index contributed by atoms with van der Waals surface area (Å²) in [6, 6.07) is 12.1. The first-order valence-electron chi connectivity index (χ1n) is 11.0. The second kappa shape index (κ2) is 8.41. The molecule has 0 atom stereocenters. The summed E-state index contributed by atoms with van der Waals surface area (Å²) in [5.74, 6) is 1.08. The molecule has 1 aromatic carbocycles. The summed E-state index contributed by atoms with van der Waals surface area (Å²) in [4.78, 5) is 14.5. The van der Waals surface area contributed by atoms with Crippen LogP contribution < -0.4 is 5.32 Å².